The van der Waals surface area contributed by atoms with Crippen molar-refractivity contribution in [2.24, 2.45) is 12.8 Å². The van der Waals surface area contributed by atoms with Gasteiger partial charge in [0, 0.05) is 18.1 Å². The summed E-state index contributed by atoms with van der Waals surface area (Å²) in [6, 6.07) is 3.07. The van der Waals surface area contributed by atoms with Gasteiger partial charge in [-0.1, -0.05) is 0 Å². The van der Waals surface area contributed by atoms with Crippen LogP contribution in [0.5, 0.6) is 0 Å². The minimum absolute atomic E-state index is 0.0851. The first kappa shape index (κ1) is 11.9. The fraction of sp³-hybridized carbons (Fsp3) is 0.273. The maximum absolute atomic E-state index is 13.0. The molecule has 2 rings (SSSR count). The molecule has 0 bridgehead atoms. The monoisotopic (exact) mass is 246 g/mol. The molecule has 0 amide bonds. The summed E-state index contributed by atoms with van der Waals surface area (Å²) in [5.74, 6) is -0.495. The van der Waals surface area contributed by atoms with Gasteiger partial charge in [-0.05, 0) is 24.3 Å². The van der Waals surface area contributed by atoms with E-state index < -0.39 is 18.0 Å². The van der Waals surface area contributed by atoms with Gasteiger partial charge in [-0.25, -0.2) is 4.39 Å². The van der Waals surface area contributed by atoms with Gasteiger partial charge in [-0.2, -0.15) is 13.2 Å². The molecule has 0 aliphatic rings. The zero-order chi connectivity index (χ0) is 12.8. The van der Waals surface area contributed by atoms with E-state index in [2.05, 4.69) is 0 Å². The first-order chi connectivity index (χ1) is 7.80. The Morgan fingerprint density at radius 3 is 2.47 bits per heavy atom. The minimum atomic E-state index is -4.51. The Balaban J connectivity index is 2.60. The SMILES string of the molecule is Cn1c(C(N)C(F)(F)F)cc2ccc(F)cc21. The number of aryl methyl sites for hydroxylation is 1. The van der Waals surface area contributed by atoms with Gasteiger partial charge in [0.05, 0.1) is 5.52 Å². The third-order valence-corrected chi connectivity index (χ3v) is 2.72. The lowest BCUT2D eigenvalue weighted by Gasteiger charge is -2.16. The van der Waals surface area contributed by atoms with Crippen molar-refractivity contribution in [3.05, 3.63) is 35.8 Å². The van der Waals surface area contributed by atoms with Crippen LogP contribution < -0.4 is 5.73 Å². The highest BCUT2D eigenvalue weighted by Crippen LogP contribution is 2.33. The second-order valence-electron chi connectivity index (χ2n) is 3.85. The molecule has 0 saturated carbocycles. The predicted octanol–water partition coefficient (Wildman–Crippen LogP) is 2.88. The summed E-state index contributed by atoms with van der Waals surface area (Å²) in [6.45, 7) is 0. The van der Waals surface area contributed by atoms with Crippen LogP contribution in [-0.2, 0) is 7.05 Å². The molecule has 2 aromatic rings. The van der Waals surface area contributed by atoms with Gasteiger partial charge in [0.25, 0.3) is 0 Å². The first-order valence-corrected chi connectivity index (χ1v) is 4.88. The summed E-state index contributed by atoms with van der Waals surface area (Å²) in [6.07, 6.45) is -4.51. The Hall–Kier alpha value is -1.56. The van der Waals surface area contributed by atoms with E-state index in [1.54, 1.807) is 0 Å². The van der Waals surface area contributed by atoms with E-state index in [4.69, 9.17) is 5.73 Å². The first-order valence-electron chi connectivity index (χ1n) is 4.88. The second-order valence-corrected chi connectivity index (χ2v) is 3.85. The summed E-state index contributed by atoms with van der Waals surface area (Å²) < 4.78 is 51.8. The molecule has 1 heterocycles. The van der Waals surface area contributed by atoms with Crippen LogP contribution in [0.4, 0.5) is 17.6 Å². The summed E-state index contributed by atoms with van der Waals surface area (Å²) in [5, 5.41) is 0.531. The fourth-order valence-electron chi connectivity index (χ4n) is 1.79. The van der Waals surface area contributed by atoms with E-state index in [0.29, 0.717) is 10.9 Å². The molecule has 1 aromatic heterocycles. The quantitative estimate of drug-likeness (QED) is 0.770. The van der Waals surface area contributed by atoms with Crippen LogP contribution in [0.25, 0.3) is 10.9 Å². The molecule has 0 fully saturated rings. The van der Waals surface area contributed by atoms with E-state index in [1.165, 1.54) is 35.9 Å². The van der Waals surface area contributed by atoms with Crippen molar-refractivity contribution >= 4 is 10.9 Å². The Morgan fingerprint density at radius 1 is 1.24 bits per heavy atom. The number of benzene rings is 1. The zero-order valence-corrected chi connectivity index (χ0v) is 8.92. The Morgan fingerprint density at radius 2 is 1.88 bits per heavy atom. The third-order valence-electron chi connectivity index (χ3n) is 2.72. The zero-order valence-electron chi connectivity index (χ0n) is 8.92. The highest BCUT2D eigenvalue weighted by atomic mass is 19.4. The molecule has 2 nitrogen and oxygen atoms in total. The predicted molar refractivity (Wildman–Crippen MR) is 55.9 cm³/mol. The minimum Gasteiger partial charge on any atom is -0.346 e. The molecule has 1 unspecified atom stereocenters. The van der Waals surface area contributed by atoms with Gasteiger partial charge < -0.3 is 10.3 Å². The van der Waals surface area contributed by atoms with E-state index in [1.807, 2.05) is 0 Å². The van der Waals surface area contributed by atoms with Crippen molar-refractivity contribution in [3.8, 4) is 0 Å². The van der Waals surface area contributed by atoms with E-state index >= 15 is 0 Å². The Labute approximate surface area is 94.6 Å². The van der Waals surface area contributed by atoms with E-state index in [0.717, 1.165) is 0 Å². The fourth-order valence-corrected chi connectivity index (χ4v) is 1.79. The summed E-state index contributed by atoms with van der Waals surface area (Å²) in [7, 11) is 1.43. The molecule has 2 N–H and O–H groups in total. The topological polar surface area (TPSA) is 30.9 Å². The lowest BCUT2D eigenvalue weighted by molar-refractivity contribution is -0.150. The van der Waals surface area contributed by atoms with E-state index in [9.17, 15) is 17.6 Å². The molecule has 17 heavy (non-hydrogen) atoms. The number of nitrogens with zero attached hydrogens (tertiary/aromatic N) is 1. The summed E-state index contributed by atoms with van der Waals surface area (Å²) in [4.78, 5) is 0. The van der Waals surface area contributed by atoms with Gasteiger partial charge in [-0.15, -0.1) is 0 Å². The lowest BCUT2D eigenvalue weighted by Crippen LogP contribution is -2.30. The van der Waals surface area contributed by atoms with E-state index in [-0.39, 0.29) is 5.69 Å². The van der Waals surface area contributed by atoms with Crippen molar-refractivity contribution in [2.75, 3.05) is 0 Å². The van der Waals surface area contributed by atoms with Crippen molar-refractivity contribution in [2.45, 2.75) is 12.2 Å². The number of aromatic nitrogens is 1. The molecule has 0 spiro atoms. The van der Waals surface area contributed by atoms with Gasteiger partial charge in [0.2, 0.25) is 0 Å². The van der Waals surface area contributed by atoms with Crippen molar-refractivity contribution in [1.29, 1.82) is 0 Å². The average molecular weight is 246 g/mol. The molecule has 0 saturated heterocycles. The maximum atomic E-state index is 13.0. The number of rotatable bonds is 1. The van der Waals surface area contributed by atoms with Gasteiger partial charge >= 0.3 is 6.18 Å². The number of halogens is 4. The number of nitrogens with two attached hydrogens (primary N) is 1. The molecule has 1 atom stereocenters. The molecular formula is C11H10F4N2. The molecule has 0 aliphatic carbocycles. The number of hydrogen-bond donors (Lipinski definition) is 1. The lowest BCUT2D eigenvalue weighted by atomic mass is 10.2. The van der Waals surface area contributed by atoms with Crippen LogP contribution in [0.3, 0.4) is 0 Å². The van der Waals surface area contributed by atoms with Crippen LogP contribution in [0.2, 0.25) is 0 Å². The molecule has 1 aromatic carbocycles. The van der Waals surface area contributed by atoms with Gasteiger partial charge in [-0.3, -0.25) is 0 Å². The van der Waals surface area contributed by atoms with Crippen molar-refractivity contribution in [1.82, 2.24) is 4.57 Å². The van der Waals surface area contributed by atoms with Crippen molar-refractivity contribution < 1.29 is 17.6 Å². The number of alkyl halides is 3. The molecular weight excluding hydrogens is 236 g/mol. The number of fused-ring (bicyclic) bond motifs is 1. The average Bonchev–Trinajstić information content (AvgIpc) is 2.54. The van der Waals surface area contributed by atoms with Crippen LogP contribution in [0.1, 0.15) is 11.7 Å². The summed E-state index contributed by atoms with van der Waals surface area (Å²) in [5.41, 5.74) is 5.44. The largest absolute Gasteiger partial charge is 0.409 e. The maximum Gasteiger partial charge on any atom is 0.409 e. The Bertz CT molecular complexity index is 556. The smallest absolute Gasteiger partial charge is 0.346 e. The second kappa shape index (κ2) is 3.73. The summed E-state index contributed by atoms with van der Waals surface area (Å²) >= 11 is 0. The van der Waals surface area contributed by atoms with Crippen LogP contribution in [-0.4, -0.2) is 10.7 Å². The normalized spacial score (nSPS) is 14.2. The van der Waals surface area contributed by atoms with Crippen molar-refractivity contribution in [3.63, 3.8) is 0 Å². The van der Waals surface area contributed by atoms with Crippen LogP contribution in [0, 0.1) is 5.82 Å². The molecule has 0 aliphatic heterocycles. The van der Waals surface area contributed by atoms with Crippen LogP contribution in [0.15, 0.2) is 24.3 Å². The molecule has 0 radical (unpaired) electrons. The Kier molecular flexibility index (Phi) is 2.61. The van der Waals surface area contributed by atoms with Gasteiger partial charge in [0.15, 0.2) is 0 Å². The molecule has 92 valence electrons. The van der Waals surface area contributed by atoms with Gasteiger partial charge in [0.1, 0.15) is 11.9 Å². The highest BCUT2D eigenvalue weighted by Gasteiger charge is 2.39. The third kappa shape index (κ3) is 2.00. The molecule has 6 heteroatoms. The standard InChI is InChI=1S/C11H10F4N2/c1-17-8-5-7(12)3-2-6(8)4-9(17)10(16)11(13,14)15/h2-5,10H,16H2,1H3. The highest BCUT2D eigenvalue weighted by molar-refractivity contribution is 5.81. The van der Waals surface area contributed by atoms with Crippen LogP contribution >= 0.6 is 0 Å². The number of hydrogen-bond acceptors (Lipinski definition) is 1.